The highest BCUT2D eigenvalue weighted by molar-refractivity contribution is 5.86. The fraction of sp³-hybridized carbons (Fsp3) is 0.529. The summed E-state index contributed by atoms with van der Waals surface area (Å²) in [7, 11) is 0. The van der Waals surface area contributed by atoms with E-state index in [-0.39, 0.29) is 5.41 Å². The summed E-state index contributed by atoms with van der Waals surface area (Å²) in [6.07, 6.45) is 1.11. The molecule has 0 bridgehead atoms. The van der Waals surface area contributed by atoms with Crippen LogP contribution in [0.3, 0.4) is 0 Å². The van der Waals surface area contributed by atoms with Crippen LogP contribution in [0.1, 0.15) is 63.8 Å². The zero-order valence-corrected chi connectivity index (χ0v) is 12.7. The predicted octanol–water partition coefficient (Wildman–Crippen LogP) is 4.70. The first-order chi connectivity index (χ1) is 8.90. The number of para-hydroxylation sites is 1. The molecule has 2 nitrogen and oxygen atoms in total. The van der Waals surface area contributed by atoms with Gasteiger partial charge in [0.15, 0.2) is 0 Å². The van der Waals surface area contributed by atoms with Gasteiger partial charge in [-0.15, -0.1) is 0 Å². The first kappa shape index (κ1) is 14.1. The van der Waals surface area contributed by atoms with Crippen molar-refractivity contribution in [3.05, 3.63) is 35.1 Å². The Kier molecular flexibility index (Phi) is 3.73. The molecule has 19 heavy (non-hydrogen) atoms. The van der Waals surface area contributed by atoms with Gasteiger partial charge >= 0.3 is 0 Å². The van der Waals surface area contributed by atoms with Crippen molar-refractivity contribution in [2.75, 3.05) is 0 Å². The standard InChI is InChI=1S/C17H25NO/c1-6-11(2)12-8-7-9-13-15(17(3,4)5)14(10-18)19-16(12)13/h7-9,11H,6,10,18H2,1-5H3. The Morgan fingerprint density at radius 2 is 1.95 bits per heavy atom. The minimum absolute atomic E-state index is 0.0496. The number of rotatable bonds is 3. The molecule has 1 heterocycles. The van der Waals surface area contributed by atoms with E-state index in [9.17, 15) is 0 Å². The quantitative estimate of drug-likeness (QED) is 0.867. The molecule has 0 spiro atoms. The summed E-state index contributed by atoms with van der Waals surface area (Å²) in [4.78, 5) is 0. The van der Waals surface area contributed by atoms with Crippen molar-refractivity contribution in [2.24, 2.45) is 5.73 Å². The van der Waals surface area contributed by atoms with Crippen molar-refractivity contribution >= 4 is 11.0 Å². The van der Waals surface area contributed by atoms with Crippen LogP contribution in [0.5, 0.6) is 0 Å². The van der Waals surface area contributed by atoms with E-state index in [0.717, 1.165) is 17.8 Å². The highest BCUT2D eigenvalue weighted by Crippen LogP contribution is 2.38. The van der Waals surface area contributed by atoms with Crippen molar-refractivity contribution in [2.45, 2.75) is 58.9 Å². The summed E-state index contributed by atoms with van der Waals surface area (Å²) in [5.41, 5.74) is 9.51. The lowest BCUT2D eigenvalue weighted by atomic mass is 9.84. The van der Waals surface area contributed by atoms with Crippen LogP contribution in [0.2, 0.25) is 0 Å². The minimum atomic E-state index is 0.0496. The second kappa shape index (κ2) is 5.01. The lowest BCUT2D eigenvalue weighted by Gasteiger charge is -2.19. The van der Waals surface area contributed by atoms with E-state index in [2.05, 4.69) is 52.8 Å². The maximum atomic E-state index is 6.10. The van der Waals surface area contributed by atoms with Crippen LogP contribution in [0.15, 0.2) is 22.6 Å². The first-order valence-corrected chi connectivity index (χ1v) is 7.15. The van der Waals surface area contributed by atoms with Gasteiger partial charge in [-0.25, -0.2) is 0 Å². The molecule has 104 valence electrons. The van der Waals surface area contributed by atoms with Crippen LogP contribution in [-0.4, -0.2) is 0 Å². The smallest absolute Gasteiger partial charge is 0.138 e. The van der Waals surface area contributed by atoms with Gasteiger partial charge in [-0.1, -0.05) is 52.8 Å². The lowest BCUT2D eigenvalue weighted by Crippen LogP contribution is -2.14. The maximum Gasteiger partial charge on any atom is 0.138 e. The van der Waals surface area contributed by atoms with E-state index in [0.29, 0.717) is 12.5 Å². The average Bonchev–Trinajstić information content (AvgIpc) is 2.75. The number of hydrogen-bond donors (Lipinski definition) is 1. The van der Waals surface area contributed by atoms with Gasteiger partial charge in [-0.2, -0.15) is 0 Å². The highest BCUT2D eigenvalue weighted by Gasteiger charge is 2.26. The molecule has 0 fully saturated rings. The zero-order chi connectivity index (χ0) is 14.2. The molecule has 1 aromatic carbocycles. The third-order valence-electron chi connectivity index (χ3n) is 3.90. The first-order valence-electron chi connectivity index (χ1n) is 7.15. The predicted molar refractivity (Wildman–Crippen MR) is 81.5 cm³/mol. The van der Waals surface area contributed by atoms with Gasteiger partial charge in [0.2, 0.25) is 0 Å². The van der Waals surface area contributed by atoms with E-state index >= 15 is 0 Å². The minimum Gasteiger partial charge on any atom is -0.459 e. The monoisotopic (exact) mass is 259 g/mol. The lowest BCUT2D eigenvalue weighted by molar-refractivity contribution is 0.507. The van der Waals surface area contributed by atoms with Gasteiger partial charge in [-0.05, 0) is 23.3 Å². The third-order valence-corrected chi connectivity index (χ3v) is 3.90. The van der Waals surface area contributed by atoms with E-state index in [4.69, 9.17) is 10.2 Å². The van der Waals surface area contributed by atoms with Gasteiger partial charge in [0.05, 0.1) is 6.54 Å². The van der Waals surface area contributed by atoms with Crippen molar-refractivity contribution < 1.29 is 4.42 Å². The summed E-state index contributed by atoms with van der Waals surface area (Å²) < 4.78 is 6.10. The van der Waals surface area contributed by atoms with E-state index < -0.39 is 0 Å². The van der Waals surface area contributed by atoms with Gasteiger partial charge in [0.25, 0.3) is 0 Å². The van der Waals surface area contributed by atoms with Crippen molar-refractivity contribution in [1.29, 1.82) is 0 Å². The summed E-state index contributed by atoms with van der Waals surface area (Å²) >= 11 is 0. The van der Waals surface area contributed by atoms with Gasteiger partial charge in [0, 0.05) is 10.9 Å². The summed E-state index contributed by atoms with van der Waals surface area (Å²) in [6.45, 7) is 11.6. The molecule has 1 unspecified atom stereocenters. The molecule has 0 saturated carbocycles. The highest BCUT2D eigenvalue weighted by atomic mass is 16.3. The van der Waals surface area contributed by atoms with Gasteiger partial charge in [-0.3, -0.25) is 0 Å². The number of fused-ring (bicyclic) bond motifs is 1. The van der Waals surface area contributed by atoms with E-state index in [1.165, 1.54) is 16.5 Å². The number of hydrogen-bond acceptors (Lipinski definition) is 2. The second-order valence-corrected chi connectivity index (χ2v) is 6.39. The van der Waals surface area contributed by atoms with Gasteiger partial charge < -0.3 is 10.2 Å². The van der Waals surface area contributed by atoms with Crippen LogP contribution in [-0.2, 0) is 12.0 Å². The Hall–Kier alpha value is -1.28. The van der Waals surface area contributed by atoms with E-state index in [1.54, 1.807) is 0 Å². The number of furan rings is 1. The summed E-state index contributed by atoms with van der Waals surface area (Å²) in [5, 5.41) is 1.23. The Morgan fingerprint density at radius 3 is 2.47 bits per heavy atom. The third kappa shape index (κ3) is 2.42. The molecule has 1 aromatic heterocycles. The Morgan fingerprint density at radius 1 is 1.26 bits per heavy atom. The SMILES string of the molecule is CCC(C)c1cccc2c(C(C)(C)C)c(CN)oc12. The number of benzene rings is 1. The normalized spacial score (nSPS) is 14.0. The van der Waals surface area contributed by atoms with Crippen LogP contribution < -0.4 is 5.73 Å². The molecule has 2 heteroatoms. The molecule has 1 atom stereocenters. The molecule has 2 N–H and O–H groups in total. The largest absolute Gasteiger partial charge is 0.459 e. The molecule has 0 aliphatic rings. The topological polar surface area (TPSA) is 39.2 Å². The molecule has 0 saturated heterocycles. The molecule has 0 amide bonds. The molecule has 0 aliphatic carbocycles. The Labute approximate surface area is 116 Å². The molecule has 0 radical (unpaired) electrons. The molecule has 0 aliphatic heterocycles. The second-order valence-electron chi connectivity index (χ2n) is 6.39. The fourth-order valence-corrected chi connectivity index (χ4v) is 2.76. The van der Waals surface area contributed by atoms with E-state index in [1.807, 2.05) is 0 Å². The van der Waals surface area contributed by atoms with Crippen LogP contribution >= 0.6 is 0 Å². The molecule has 2 rings (SSSR count). The van der Waals surface area contributed by atoms with Crippen molar-refractivity contribution in [1.82, 2.24) is 0 Å². The van der Waals surface area contributed by atoms with Crippen LogP contribution in [0.25, 0.3) is 11.0 Å². The summed E-state index contributed by atoms with van der Waals surface area (Å²) in [6, 6.07) is 6.46. The molecule has 2 aromatic rings. The zero-order valence-electron chi connectivity index (χ0n) is 12.7. The van der Waals surface area contributed by atoms with Gasteiger partial charge in [0.1, 0.15) is 11.3 Å². The summed E-state index contributed by atoms with van der Waals surface area (Å²) in [5.74, 6) is 1.44. The van der Waals surface area contributed by atoms with Crippen molar-refractivity contribution in [3.8, 4) is 0 Å². The molecular weight excluding hydrogens is 234 g/mol. The Balaban J connectivity index is 2.77. The fourth-order valence-electron chi connectivity index (χ4n) is 2.76. The number of nitrogens with two attached hydrogens (primary N) is 1. The van der Waals surface area contributed by atoms with Crippen molar-refractivity contribution in [3.63, 3.8) is 0 Å². The Bertz CT molecular complexity index is 575. The molecular formula is C17H25NO. The van der Waals surface area contributed by atoms with Crippen LogP contribution in [0, 0.1) is 0 Å². The average molecular weight is 259 g/mol. The van der Waals surface area contributed by atoms with Crippen LogP contribution in [0.4, 0.5) is 0 Å². The maximum absolute atomic E-state index is 6.10.